The van der Waals surface area contributed by atoms with Crippen molar-refractivity contribution < 1.29 is 4.79 Å². The van der Waals surface area contributed by atoms with E-state index in [1.807, 2.05) is 16.9 Å². The largest absolute Gasteiger partial charge is 0.317 e. The first kappa shape index (κ1) is 19.3. The monoisotopic (exact) mass is 395 g/mol. The standard InChI is InChI=1S/C18H25N5OS.ClH/c24-16(18(8-11-19-12-9-18)23-13-5-10-20-23)22-17-21-14-6-3-1-2-4-7-15(14)25-17;/h5,10,13,19H,1-4,6-9,11-12H2,(H,21,22,24);1H. The molecule has 0 atom stereocenters. The van der Waals surface area contributed by atoms with Gasteiger partial charge in [-0.05, 0) is 57.7 Å². The van der Waals surface area contributed by atoms with Crippen LogP contribution in [-0.4, -0.2) is 33.8 Å². The van der Waals surface area contributed by atoms with Crippen molar-refractivity contribution >= 4 is 34.8 Å². The number of hydrogen-bond donors (Lipinski definition) is 2. The van der Waals surface area contributed by atoms with E-state index in [0.717, 1.165) is 43.9 Å². The van der Waals surface area contributed by atoms with Crippen LogP contribution < -0.4 is 10.6 Å². The van der Waals surface area contributed by atoms with Gasteiger partial charge in [-0.2, -0.15) is 5.10 Å². The van der Waals surface area contributed by atoms with Gasteiger partial charge in [0.1, 0.15) is 5.54 Å². The van der Waals surface area contributed by atoms with Gasteiger partial charge in [-0.15, -0.1) is 23.7 Å². The fourth-order valence-corrected chi connectivity index (χ4v) is 4.94. The lowest BCUT2D eigenvalue weighted by atomic mass is 9.87. The summed E-state index contributed by atoms with van der Waals surface area (Å²) in [5.41, 5.74) is 0.577. The van der Waals surface area contributed by atoms with Gasteiger partial charge in [0.15, 0.2) is 5.13 Å². The third kappa shape index (κ3) is 3.80. The number of carbonyl (C=O) groups is 1. The summed E-state index contributed by atoms with van der Waals surface area (Å²) in [6, 6.07) is 1.88. The summed E-state index contributed by atoms with van der Waals surface area (Å²) in [6.07, 6.45) is 12.3. The number of aromatic nitrogens is 3. The minimum atomic E-state index is -0.616. The second-order valence-corrected chi connectivity index (χ2v) is 8.07. The number of carbonyl (C=O) groups excluding carboxylic acids is 1. The topological polar surface area (TPSA) is 71.8 Å². The Kier molecular flexibility index (Phi) is 6.32. The summed E-state index contributed by atoms with van der Waals surface area (Å²) < 4.78 is 1.83. The van der Waals surface area contributed by atoms with Gasteiger partial charge in [0, 0.05) is 17.3 Å². The molecule has 2 N–H and O–H groups in total. The van der Waals surface area contributed by atoms with Crippen molar-refractivity contribution in [2.24, 2.45) is 0 Å². The van der Waals surface area contributed by atoms with Crippen LogP contribution in [0, 0.1) is 0 Å². The zero-order chi connectivity index (χ0) is 17.1. The van der Waals surface area contributed by atoms with Crippen LogP contribution >= 0.6 is 23.7 Å². The molecule has 1 aliphatic heterocycles. The van der Waals surface area contributed by atoms with Crippen molar-refractivity contribution in [1.82, 2.24) is 20.1 Å². The highest BCUT2D eigenvalue weighted by Crippen LogP contribution is 2.32. The number of halogens is 1. The van der Waals surface area contributed by atoms with Crippen LogP contribution in [0.2, 0.25) is 0 Å². The Hall–Kier alpha value is -1.44. The maximum atomic E-state index is 13.2. The lowest BCUT2D eigenvalue weighted by molar-refractivity contribution is -0.126. The van der Waals surface area contributed by atoms with Gasteiger partial charge in [0.2, 0.25) is 0 Å². The van der Waals surface area contributed by atoms with E-state index in [4.69, 9.17) is 4.98 Å². The minimum absolute atomic E-state index is 0. The highest BCUT2D eigenvalue weighted by molar-refractivity contribution is 7.15. The average Bonchev–Trinajstić information content (AvgIpc) is 3.26. The van der Waals surface area contributed by atoms with Gasteiger partial charge in [-0.3, -0.25) is 14.8 Å². The number of piperidine rings is 1. The molecule has 2 aliphatic rings. The number of fused-ring (bicyclic) bond motifs is 1. The molecule has 142 valence electrons. The van der Waals surface area contributed by atoms with Crippen molar-refractivity contribution in [2.75, 3.05) is 18.4 Å². The first-order chi connectivity index (χ1) is 12.3. The van der Waals surface area contributed by atoms with Crippen LogP contribution in [0.4, 0.5) is 5.13 Å². The highest BCUT2D eigenvalue weighted by Gasteiger charge is 2.42. The van der Waals surface area contributed by atoms with E-state index < -0.39 is 5.54 Å². The fourth-order valence-electron chi connectivity index (χ4n) is 3.90. The van der Waals surface area contributed by atoms with Gasteiger partial charge >= 0.3 is 0 Å². The molecule has 1 fully saturated rings. The quantitative estimate of drug-likeness (QED) is 0.837. The first-order valence-electron chi connectivity index (χ1n) is 9.29. The Morgan fingerprint density at radius 3 is 2.69 bits per heavy atom. The summed E-state index contributed by atoms with van der Waals surface area (Å²) in [6.45, 7) is 1.64. The molecule has 1 aliphatic carbocycles. The molecule has 1 amide bonds. The normalized spacial score (nSPS) is 19.5. The van der Waals surface area contributed by atoms with Gasteiger partial charge in [0.25, 0.3) is 5.91 Å². The first-order valence-corrected chi connectivity index (χ1v) is 10.1. The molecule has 0 saturated carbocycles. The maximum Gasteiger partial charge on any atom is 0.254 e. The number of hydrogen-bond acceptors (Lipinski definition) is 5. The Morgan fingerprint density at radius 1 is 1.19 bits per heavy atom. The van der Waals surface area contributed by atoms with E-state index in [-0.39, 0.29) is 18.3 Å². The maximum absolute atomic E-state index is 13.2. The molecule has 2 aromatic rings. The van der Waals surface area contributed by atoms with Crippen LogP contribution in [0.5, 0.6) is 0 Å². The van der Waals surface area contributed by atoms with Gasteiger partial charge in [0.05, 0.1) is 5.69 Å². The number of nitrogens with zero attached hydrogens (tertiary/aromatic N) is 3. The molecule has 0 aromatic carbocycles. The van der Waals surface area contributed by atoms with Crippen molar-refractivity contribution in [3.8, 4) is 0 Å². The van der Waals surface area contributed by atoms with E-state index in [9.17, 15) is 4.79 Å². The van der Waals surface area contributed by atoms with Gasteiger partial charge < -0.3 is 5.32 Å². The van der Waals surface area contributed by atoms with Crippen molar-refractivity contribution in [2.45, 2.75) is 56.9 Å². The predicted molar refractivity (Wildman–Crippen MR) is 106 cm³/mol. The summed E-state index contributed by atoms with van der Waals surface area (Å²) in [4.78, 5) is 19.3. The summed E-state index contributed by atoms with van der Waals surface area (Å²) in [7, 11) is 0. The Labute approximate surface area is 164 Å². The highest BCUT2D eigenvalue weighted by atomic mass is 35.5. The molecular formula is C18H26ClN5OS. The van der Waals surface area contributed by atoms with Crippen molar-refractivity contribution in [3.63, 3.8) is 0 Å². The SMILES string of the molecule is Cl.O=C(Nc1nc2c(s1)CCCCCC2)C1(n2cccn2)CCNCC1. The van der Waals surface area contributed by atoms with Crippen LogP contribution in [0.15, 0.2) is 18.5 Å². The molecule has 0 spiro atoms. The molecule has 0 unspecified atom stereocenters. The Balaban J connectivity index is 0.00000196. The molecule has 2 aromatic heterocycles. The van der Waals surface area contributed by atoms with E-state index in [2.05, 4.69) is 15.7 Å². The Morgan fingerprint density at radius 2 is 1.96 bits per heavy atom. The lowest BCUT2D eigenvalue weighted by Gasteiger charge is -2.36. The number of amides is 1. The van der Waals surface area contributed by atoms with Crippen LogP contribution in [0.25, 0.3) is 0 Å². The van der Waals surface area contributed by atoms with Crippen LogP contribution in [-0.2, 0) is 23.2 Å². The average molecular weight is 396 g/mol. The zero-order valence-corrected chi connectivity index (χ0v) is 16.5. The van der Waals surface area contributed by atoms with Crippen LogP contribution in [0.1, 0.15) is 49.1 Å². The molecule has 4 rings (SSSR count). The Bertz CT molecular complexity index is 699. The molecule has 26 heavy (non-hydrogen) atoms. The zero-order valence-electron chi connectivity index (χ0n) is 14.9. The number of rotatable bonds is 3. The van der Waals surface area contributed by atoms with Crippen LogP contribution in [0.3, 0.4) is 0 Å². The van der Waals surface area contributed by atoms with Gasteiger partial charge in [-0.25, -0.2) is 4.98 Å². The third-order valence-corrected chi connectivity index (χ3v) is 6.44. The van der Waals surface area contributed by atoms with Crippen molar-refractivity contribution in [1.29, 1.82) is 0 Å². The number of nitrogens with one attached hydrogen (secondary N) is 2. The molecule has 0 radical (unpaired) electrons. The van der Waals surface area contributed by atoms with E-state index in [0.29, 0.717) is 0 Å². The van der Waals surface area contributed by atoms with E-state index >= 15 is 0 Å². The summed E-state index contributed by atoms with van der Waals surface area (Å²) >= 11 is 1.66. The molecular weight excluding hydrogens is 370 g/mol. The number of aryl methyl sites for hydroxylation is 2. The summed E-state index contributed by atoms with van der Waals surface area (Å²) in [5.74, 6) is 0.0134. The molecule has 0 bridgehead atoms. The summed E-state index contributed by atoms with van der Waals surface area (Å²) in [5, 5.41) is 11.6. The molecule has 8 heteroatoms. The lowest BCUT2D eigenvalue weighted by Crippen LogP contribution is -2.52. The smallest absolute Gasteiger partial charge is 0.254 e. The predicted octanol–water partition coefficient (Wildman–Crippen LogP) is 3.14. The van der Waals surface area contributed by atoms with Gasteiger partial charge in [-0.1, -0.05) is 12.8 Å². The van der Waals surface area contributed by atoms with E-state index in [1.165, 1.54) is 36.3 Å². The molecule has 3 heterocycles. The minimum Gasteiger partial charge on any atom is -0.317 e. The second-order valence-electron chi connectivity index (χ2n) is 6.99. The third-order valence-electron chi connectivity index (χ3n) is 5.36. The molecule has 1 saturated heterocycles. The fraction of sp³-hybridized carbons (Fsp3) is 0.611. The van der Waals surface area contributed by atoms with Crippen molar-refractivity contribution in [3.05, 3.63) is 29.0 Å². The number of thiazole rings is 1. The molecule has 6 nitrogen and oxygen atoms in total. The number of anilines is 1. The second kappa shape index (κ2) is 8.50. The van der Waals surface area contributed by atoms with E-state index in [1.54, 1.807) is 17.5 Å².